The molecule has 1 fully saturated rings. The standard InChI is InChI=1S/C11H14ClN5O2/c12-8-7-10(17-11(13)15-8)16-9(14-7)4-1-5(3-18)6(19)2-4/h4-6,18-19H,1-3H2,(H3,13,14,15,16,17)/t4?,5?,6-/m0/s1. The third-order valence-electron chi connectivity index (χ3n) is 3.62. The number of imidazole rings is 1. The molecule has 1 aliphatic rings. The summed E-state index contributed by atoms with van der Waals surface area (Å²) in [6, 6.07) is 0. The molecule has 0 aliphatic heterocycles. The summed E-state index contributed by atoms with van der Waals surface area (Å²) in [6.45, 7) is -0.0224. The van der Waals surface area contributed by atoms with Gasteiger partial charge in [0.15, 0.2) is 10.8 Å². The minimum atomic E-state index is -0.505. The maximum atomic E-state index is 9.82. The molecule has 8 heteroatoms. The molecule has 0 spiro atoms. The zero-order valence-corrected chi connectivity index (χ0v) is 10.8. The highest BCUT2D eigenvalue weighted by Gasteiger charge is 2.35. The van der Waals surface area contributed by atoms with Crippen LogP contribution in [0, 0.1) is 5.92 Å². The Morgan fingerprint density at radius 2 is 2.11 bits per heavy atom. The van der Waals surface area contributed by atoms with Crippen LogP contribution < -0.4 is 5.73 Å². The maximum absolute atomic E-state index is 9.82. The number of nitrogens with zero attached hydrogens (tertiary/aromatic N) is 3. The number of halogens is 1. The van der Waals surface area contributed by atoms with Gasteiger partial charge in [-0.3, -0.25) is 0 Å². The molecular formula is C11H14ClN5O2. The maximum Gasteiger partial charge on any atom is 0.223 e. The molecule has 2 aromatic heterocycles. The van der Waals surface area contributed by atoms with Gasteiger partial charge in [0, 0.05) is 18.4 Å². The predicted octanol–water partition coefficient (Wildman–Crippen LogP) is 0.435. The number of aromatic amines is 1. The van der Waals surface area contributed by atoms with Crippen LogP contribution in [0.3, 0.4) is 0 Å². The normalized spacial score (nSPS) is 27.2. The number of rotatable bonds is 2. The van der Waals surface area contributed by atoms with Gasteiger partial charge in [-0.2, -0.15) is 9.97 Å². The van der Waals surface area contributed by atoms with E-state index in [0.717, 1.165) is 0 Å². The fraction of sp³-hybridized carbons (Fsp3) is 0.545. The summed E-state index contributed by atoms with van der Waals surface area (Å²) in [7, 11) is 0. The molecule has 3 atom stereocenters. The van der Waals surface area contributed by atoms with E-state index in [4.69, 9.17) is 17.3 Å². The van der Waals surface area contributed by atoms with E-state index in [1.807, 2.05) is 0 Å². The van der Waals surface area contributed by atoms with Crippen molar-refractivity contribution in [1.29, 1.82) is 0 Å². The van der Waals surface area contributed by atoms with Gasteiger partial charge in [0.05, 0.1) is 6.10 Å². The molecule has 0 saturated heterocycles. The Morgan fingerprint density at radius 1 is 1.32 bits per heavy atom. The van der Waals surface area contributed by atoms with E-state index in [9.17, 15) is 10.2 Å². The lowest BCUT2D eigenvalue weighted by atomic mass is 10.1. The van der Waals surface area contributed by atoms with E-state index in [1.54, 1.807) is 0 Å². The smallest absolute Gasteiger partial charge is 0.223 e. The molecule has 0 radical (unpaired) electrons. The number of nitrogens with two attached hydrogens (primary N) is 1. The first-order chi connectivity index (χ1) is 9.08. The number of hydrogen-bond donors (Lipinski definition) is 4. The minimum absolute atomic E-state index is 0.0224. The first kappa shape index (κ1) is 12.6. The molecule has 0 aromatic carbocycles. The molecule has 2 heterocycles. The number of fused-ring (bicyclic) bond motifs is 1. The van der Waals surface area contributed by atoms with Crippen molar-refractivity contribution in [3.63, 3.8) is 0 Å². The van der Waals surface area contributed by atoms with Crippen LogP contribution >= 0.6 is 11.6 Å². The second kappa shape index (κ2) is 4.59. The van der Waals surface area contributed by atoms with Crippen LogP contribution in [0.1, 0.15) is 24.6 Å². The molecule has 102 valence electrons. The van der Waals surface area contributed by atoms with Crippen LogP contribution in [0.2, 0.25) is 5.15 Å². The molecule has 2 unspecified atom stereocenters. The second-order valence-corrected chi connectivity index (χ2v) is 5.23. The van der Waals surface area contributed by atoms with E-state index < -0.39 is 6.10 Å². The summed E-state index contributed by atoms with van der Waals surface area (Å²) in [5.41, 5.74) is 6.49. The minimum Gasteiger partial charge on any atom is -0.396 e. The molecule has 19 heavy (non-hydrogen) atoms. The zero-order chi connectivity index (χ0) is 13.6. The van der Waals surface area contributed by atoms with Gasteiger partial charge in [-0.25, -0.2) is 4.98 Å². The van der Waals surface area contributed by atoms with Crippen LogP contribution in [0.4, 0.5) is 5.95 Å². The Morgan fingerprint density at radius 3 is 2.79 bits per heavy atom. The van der Waals surface area contributed by atoms with Crippen LogP contribution in [-0.4, -0.2) is 42.9 Å². The number of nitrogens with one attached hydrogen (secondary N) is 1. The monoisotopic (exact) mass is 283 g/mol. The zero-order valence-electron chi connectivity index (χ0n) is 10.0. The molecule has 1 aliphatic carbocycles. The number of aliphatic hydroxyl groups is 2. The molecule has 3 rings (SSSR count). The van der Waals surface area contributed by atoms with E-state index in [-0.39, 0.29) is 29.5 Å². The van der Waals surface area contributed by atoms with Crippen molar-refractivity contribution in [1.82, 2.24) is 19.9 Å². The fourth-order valence-corrected chi connectivity index (χ4v) is 2.83. The second-order valence-electron chi connectivity index (χ2n) is 4.87. The quantitative estimate of drug-likeness (QED) is 0.593. The van der Waals surface area contributed by atoms with Gasteiger partial charge in [-0.05, 0) is 12.8 Å². The van der Waals surface area contributed by atoms with Gasteiger partial charge in [-0.1, -0.05) is 11.6 Å². The molecule has 0 amide bonds. The van der Waals surface area contributed by atoms with E-state index in [2.05, 4.69) is 19.9 Å². The molecular weight excluding hydrogens is 270 g/mol. The van der Waals surface area contributed by atoms with Gasteiger partial charge in [0.2, 0.25) is 5.95 Å². The number of hydrogen-bond acceptors (Lipinski definition) is 6. The average molecular weight is 284 g/mol. The first-order valence-corrected chi connectivity index (χ1v) is 6.43. The van der Waals surface area contributed by atoms with E-state index >= 15 is 0 Å². The highest BCUT2D eigenvalue weighted by molar-refractivity contribution is 6.33. The summed E-state index contributed by atoms with van der Waals surface area (Å²) in [4.78, 5) is 15.3. The number of nitrogen functional groups attached to an aromatic ring is 1. The number of anilines is 1. The fourth-order valence-electron chi connectivity index (χ4n) is 2.61. The Kier molecular flexibility index (Phi) is 3.04. The lowest BCUT2D eigenvalue weighted by molar-refractivity contribution is 0.0908. The van der Waals surface area contributed by atoms with Crippen LogP contribution in [-0.2, 0) is 0 Å². The first-order valence-electron chi connectivity index (χ1n) is 6.06. The Hall–Kier alpha value is -1.44. The van der Waals surface area contributed by atoms with Crippen molar-refractivity contribution in [2.75, 3.05) is 12.3 Å². The largest absolute Gasteiger partial charge is 0.396 e. The van der Waals surface area contributed by atoms with Crippen molar-refractivity contribution in [3.05, 3.63) is 11.0 Å². The van der Waals surface area contributed by atoms with Crippen LogP contribution in [0.25, 0.3) is 11.2 Å². The van der Waals surface area contributed by atoms with E-state index in [0.29, 0.717) is 29.8 Å². The topological polar surface area (TPSA) is 121 Å². The average Bonchev–Trinajstić information content (AvgIpc) is 2.92. The summed E-state index contributed by atoms with van der Waals surface area (Å²) >= 11 is 5.98. The van der Waals surface area contributed by atoms with Crippen molar-refractivity contribution >= 4 is 28.7 Å². The lowest BCUT2D eigenvalue weighted by Gasteiger charge is -2.08. The highest BCUT2D eigenvalue weighted by Crippen LogP contribution is 2.37. The van der Waals surface area contributed by atoms with Crippen molar-refractivity contribution in [3.8, 4) is 0 Å². The predicted molar refractivity (Wildman–Crippen MR) is 69.7 cm³/mol. The Balaban J connectivity index is 1.96. The van der Waals surface area contributed by atoms with Crippen LogP contribution in [0.5, 0.6) is 0 Å². The van der Waals surface area contributed by atoms with Crippen molar-refractivity contribution in [2.24, 2.45) is 5.92 Å². The molecule has 0 bridgehead atoms. The van der Waals surface area contributed by atoms with Crippen molar-refractivity contribution in [2.45, 2.75) is 24.9 Å². The number of aromatic nitrogens is 4. The van der Waals surface area contributed by atoms with Gasteiger partial charge < -0.3 is 20.9 Å². The molecule has 1 saturated carbocycles. The van der Waals surface area contributed by atoms with E-state index in [1.165, 1.54) is 0 Å². The van der Waals surface area contributed by atoms with Gasteiger partial charge >= 0.3 is 0 Å². The Labute approximate surface area is 113 Å². The molecule has 2 aromatic rings. The highest BCUT2D eigenvalue weighted by atomic mass is 35.5. The molecule has 7 nitrogen and oxygen atoms in total. The van der Waals surface area contributed by atoms with Gasteiger partial charge in [-0.15, -0.1) is 0 Å². The number of aliphatic hydroxyl groups excluding tert-OH is 2. The summed E-state index contributed by atoms with van der Waals surface area (Å²) in [5, 5.41) is 19.2. The summed E-state index contributed by atoms with van der Waals surface area (Å²) in [6.07, 6.45) is 0.735. The third kappa shape index (κ3) is 2.13. The lowest BCUT2D eigenvalue weighted by Crippen LogP contribution is -2.16. The van der Waals surface area contributed by atoms with Gasteiger partial charge in [0.25, 0.3) is 0 Å². The summed E-state index contributed by atoms with van der Waals surface area (Å²) < 4.78 is 0. The number of H-pyrrole nitrogens is 1. The Bertz CT molecular complexity index is 616. The van der Waals surface area contributed by atoms with Crippen LogP contribution in [0.15, 0.2) is 0 Å². The van der Waals surface area contributed by atoms with Gasteiger partial charge in [0.1, 0.15) is 11.3 Å². The van der Waals surface area contributed by atoms with Crippen molar-refractivity contribution < 1.29 is 10.2 Å². The summed E-state index contributed by atoms with van der Waals surface area (Å²) in [5.74, 6) is 0.727. The SMILES string of the molecule is Nc1nc(Cl)c2[nH]c(C3CC(CO)[C@@H](O)C3)nc2n1. The third-order valence-corrected chi connectivity index (χ3v) is 3.89. The molecule has 5 N–H and O–H groups in total.